The molecule has 144 valence electrons. The van der Waals surface area contributed by atoms with Crippen LogP contribution in [0.5, 0.6) is 0 Å². The lowest BCUT2D eigenvalue weighted by molar-refractivity contribution is 0.0517. The van der Waals surface area contributed by atoms with Gasteiger partial charge in [-0.1, -0.05) is 17.7 Å². The van der Waals surface area contributed by atoms with Gasteiger partial charge in [0.05, 0.1) is 30.0 Å². The standard InChI is InChI=1S/C22H22N2O4/c1-4-27-21(25)15-7-6-8-16(12-15)24-20-17-11-14(3)9-10-19(17)23-13-18(20)22(26)28-5-2/h6-13H,4-5H2,1-3H3,(H,23,24). The first-order chi connectivity index (χ1) is 13.5. The molecule has 0 saturated carbocycles. The van der Waals surface area contributed by atoms with Gasteiger partial charge in [0.15, 0.2) is 0 Å². The van der Waals surface area contributed by atoms with Crippen molar-refractivity contribution in [3.8, 4) is 0 Å². The number of hydrogen-bond donors (Lipinski definition) is 1. The summed E-state index contributed by atoms with van der Waals surface area (Å²) in [5, 5.41) is 4.07. The molecule has 0 bridgehead atoms. The van der Waals surface area contributed by atoms with Crippen molar-refractivity contribution < 1.29 is 19.1 Å². The molecule has 28 heavy (non-hydrogen) atoms. The van der Waals surface area contributed by atoms with Crippen LogP contribution in [0, 0.1) is 6.92 Å². The summed E-state index contributed by atoms with van der Waals surface area (Å²) in [6.45, 7) is 6.06. The van der Waals surface area contributed by atoms with E-state index in [1.54, 1.807) is 32.0 Å². The molecule has 1 heterocycles. The zero-order chi connectivity index (χ0) is 20.1. The van der Waals surface area contributed by atoms with Crippen LogP contribution < -0.4 is 5.32 Å². The van der Waals surface area contributed by atoms with Gasteiger partial charge in [-0.3, -0.25) is 4.98 Å². The molecule has 1 N–H and O–H groups in total. The van der Waals surface area contributed by atoms with Gasteiger partial charge < -0.3 is 14.8 Å². The average Bonchev–Trinajstić information content (AvgIpc) is 2.69. The molecule has 3 aromatic rings. The van der Waals surface area contributed by atoms with Gasteiger partial charge in [0.1, 0.15) is 5.56 Å². The van der Waals surface area contributed by atoms with Gasteiger partial charge in [0.2, 0.25) is 0 Å². The van der Waals surface area contributed by atoms with E-state index in [1.807, 2.05) is 31.2 Å². The Morgan fingerprint density at radius 2 is 1.75 bits per heavy atom. The summed E-state index contributed by atoms with van der Waals surface area (Å²) >= 11 is 0. The van der Waals surface area contributed by atoms with Crippen molar-refractivity contribution in [3.05, 3.63) is 65.4 Å². The maximum atomic E-state index is 12.5. The third kappa shape index (κ3) is 4.11. The molecule has 0 aliphatic heterocycles. The van der Waals surface area contributed by atoms with E-state index in [-0.39, 0.29) is 6.61 Å². The lowest BCUT2D eigenvalue weighted by Gasteiger charge is -2.15. The highest BCUT2D eigenvalue weighted by Gasteiger charge is 2.17. The van der Waals surface area contributed by atoms with Crippen LogP contribution in [-0.2, 0) is 9.47 Å². The zero-order valence-electron chi connectivity index (χ0n) is 16.1. The van der Waals surface area contributed by atoms with Gasteiger partial charge in [-0.05, 0) is 51.1 Å². The highest BCUT2D eigenvalue weighted by atomic mass is 16.5. The van der Waals surface area contributed by atoms with Crippen molar-refractivity contribution in [1.29, 1.82) is 0 Å². The summed E-state index contributed by atoms with van der Waals surface area (Å²) in [6, 6.07) is 12.8. The normalized spacial score (nSPS) is 10.5. The molecule has 1 aromatic heterocycles. The van der Waals surface area contributed by atoms with Crippen LogP contribution in [-0.4, -0.2) is 30.1 Å². The Labute approximate surface area is 163 Å². The van der Waals surface area contributed by atoms with Crippen LogP contribution in [0.1, 0.15) is 40.1 Å². The molecule has 6 nitrogen and oxygen atoms in total. The monoisotopic (exact) mass is 378 g/mol. The van der Waals surface area contributed by atoms with E-state index in [2.05, 4.69) is 10.3 Å². The van der Waals surface area contributed by atoms with Crippen molar-refractivity contribution >= 4 is 34.2 Å². The van der Waals surface area contributed by atoms with Crippen molar-refractivity contribution in [1.82, 2.24) is 4.98 Å². The predicted octanol–water partition coefficient (Wildman–Crippen LogP) is 4.64. The van der Waals surface area contributed by atoms with Crippen LogP contribution in [0.25, 0.3) is 10.9 Å². The molecule has 3 rings (SSSR count). The SMILES string of the molecule is CCOC(=O)c1cccc(Nc2c(C(=O)OCC)cnc3ccc(C)cc23)c1. The van der Waals surface area contributed by atoms with E-state index in [9.17, 15) is 9.59 Å². The van der Waals surface area contributed by atoms with Gasteiger partial charge in [0, 0.05) is 17.3 Å². The van der Waals surface area contributed by atoms with Crippen LogP contribution in [0.2, 0.25) is 0 Å². The second-order valence-electron chi connectivity index (χ2n) is 6.21. The lowest BCUT2D eigenvalue weighted by Crippen LogP contribution is -2.10. The molecule has 0 fully saturated rings. The van der Waals surface area contributed by atoms with E-state index in [0.717, 1.165) is 16.5 Å². The first-order valence-electron chi connectivity index (χ1n) is 9.14. The average molecular weight is 378 g/mol. The van der Waals surface area contributed by atoms with Crippen LogP contribution in [0.3, 0.4) is 0 Å². The molecule has 0 unspecified atom stereocenters. The van der Waals surface area contributed by atoms with Gasteiger partial charge >= 0.3 is 11.9 Å². The Kier molecular flexibility index (Phi) is 5.89. The first-order valence-corrected chi connectivity index (χ1v) is 9.14. The number of carbonyl (C=O) groups excluding carboxylic acids is 2. The second-order valence-corrected chi connectivity index (χ2v) is 6.21. The summed E-state index contributed by atoms with van der Waals surface area (Å²) < 4.78 is 10.2. The number of fused-ring (bicyclic) bond motifs is 1. The molecule has 0 spiro atoms. The minimum atomic E-state index is -0.456. The highest BCUT2D eigenvalue weighted by molar-refractivity contribution is 6.06. The number of aryl methyl sites for hydroxylation is 1. The smallest absolute Gasteiger partial charge is 0.341 e. The van der Waals surface area contributed by atoms with E-state index >= 15 is 0 Å². The molecule has 0 amide bonds. The number of anilines is 2. The number of esters is 2. The van der Waals surface area contributed by atoms with Crippen molar-refractivity contribution in [2.24, 2.45) is 0 Å². The number of ether oxygens (including phenoxy) is 2. The van der Waals surface area contributed by atoms with Crippen molar-refractivity contribution in [3.63, 3.8) is 0 Å². The Hall–Kier alpha value is -3.41. The topological polar surface area (TPSA) is 77.5 Å². The highest BCUT2D eigenvalue weighted by Crippen LogP contribution is 2.30. The number of nitrogens with one attached hydrogen (secondary N) is 1. The molecule has 0 aliphatic rings. The molecule has 0 aliphatic carbocycles. The minimum Gasteiger partial charge on any atom is -0.462 e. The number of pyridine rings is 1. The molecular weight excluding hydrogens is 356 g/mol. The summed E-state index contributed by atoms with van der Waals surface area (Å²) in [6.07, 6.45) is 1.51. The van der Waals surface area contributed by atoms with Gasteiger partial charge in [-0.15, -0.1) is 0 Å². The molecule has 2 aromatic carbocycles. The van der Waals surface area contributed by atoms with E-state index < -0.39 is 11.9 Å². The zero-order valence-corrected chi connectivity index (χ0v) is 16.1. The number of aromatic nitrogens is 1. The maximum Gasteiger partial charge on any atom is 0.341 e. The molecule has 0 saturated heterocycles. The van der Waals surface area contributed by atoms with Gasteiger partial charge in [-0.2, -0.15) is 0 Å². The molecule has 0 radical (unpaired) electrons. The Bertz CT molecular complexity index is 1030. The summed E-state index contributed by atoms with van der Waals surface area (Å²) in [4.78, 5) is 28.9. The third-order valence-corrected chi connectivity index (χ3v) is 4.16. The minimum absolute atomic E-state index is 0.266. The van der Waals surface area contributed by atoms with Crippen molar-refractivity contribution in [2.75, 3.05) is 18.5 Å². The third-order valence-electron chi connectivity index (χ3n) is 4.16. The van der Waals surface area contributed by atoms with Crippen LogP contribution in [0.15, 0.2) is 48.7 Å². The van der Waals surface area contributed by atoms with E-state index in [0.29, 0.717) is 29.1 Å². The quantitative estimate of drug-likeness (QED) is 0.630. The summed E-state index contributed by atoms with van der Waals surface area (Å²) in [5.74, 6) is -0.852. The largest absolute Gasteiger partial charge is 0.462 e. The number of carbonyl (C=O) groups is 2. The van der Waals surface area contributed by atoms with Crippen molar-refractivity contribution in [2.45, 2.75) is 20.8 Å². The van der Waals surface area contributed by atoms with E-state index in [1.165, 1.54) is 6.20 Å². The molecule has 0 atom stereocenters. The van der Waals surface area contributed by atoms with Crippen LogP contribution in [0.4, 0.5) is 11.4 Å². The molecular formula is C22H22N2O4. The fourth-order valence-corrected chi connectivity index (χ4v) is 2.89. The molecule has 6 heteroatoms. The van der Waals surface area contributed by atoms with Crippen LogP contribution >= 0.6 is 0 Å². The Morgan fingerprint density at radius 3 is 2.50 bits per heavy atom. The lowest BCUT2D eigenvalue weighted by atomic mass is 10.1. The second kappa shape index (κ2) is 8.52. The van der Waals surface area contributed by atoms with E-state index in [4.69, 9.17) is 9.47 Å². The fourth-order valence-electron chi connectivity index (χ4n) is 2.89. The maximum absolute atomic E-state index is 12.5. The Morgan fingerprint density at radius 1 is 1.00 bits per heavy atom. The predicted molar refractivity (Wildman–Crippen MR) is 108 cm³/mol. The number of hydrogen-bond acceptors (Lipinski definition) is 6. The summed E-state index contributed by atoms with van der Waals surface area (Å²) in [5.41, 5.74) is 3.81. The number of nitrogens with zero attached hydrogens (tertiary/aromatic N) is 1. The first kappa shape index (κ1) is 19.4. The summed E-state index contributed by atoms with van der Waals surface area (Å²) in [7, 11) is 0. The fraction of sp³-hybridized carbons (Fsp3) is 0.227. The van der Waals surface area contributed by atoms with Gasteiger partial charge in [-0.25, -0.2) is 9.59 Å². The van der Waals surface area contributed by atoms with Gasteiger partial charge in [0.25, 0.3) is 0 Å². The Balaban J connectivity index is 2.09. The number of rotatable bonds is 6. The number of benzene rings is 2.